The number of carbonyl (C=O) groups is 1. The number of nitrogens with zero attached hydrogens (tertiary/aromatic N) is 1. The third-order valence-corrected chi connectivity index (χ3v) is 3.43. The quantitative estimate of drug-likeness (QED) is 0.829. The number of nitrogens with two attached hydrogens (primary N) is 1. The van der Waals surface area contributed by atoms with Crippen molar-refractivity contribution in [3.63, 3.8) is 0 Å². The summed E-state index contributed by atoms with van der Waals surface area (Å²) >= 11 is 0. The molecule has 0 saturated carbocycles. The Morgan fingerprint density at radius 1 is 1.50 bits per heavy atom. The molecule has 0 aromatic heterocycles. The van der Waals surface area contributed by atoms with Crippen LogP contribution in [0.3, 0.4) is 0 Å². The lowest BCUT2D eigenvalue weighted by Crippen LogP contribution is -2.52. The minimum atomic E-state index is -0.335. The molecule has 1 aromatic rings. The van der Waals surface area contributed by atoms with E-state index in [-0.39, 0.29) is 17.8 Å². The average Bonchev–Trinajstić information content (AvgIpc) is 2.46. The molecule has 20 heavy (non-hydrogen) atoms. The number of benzene rings is 1. The van der Waals surface area contributed by atoms with Gasteiger partial charge in [0.05, 0.1) is 13.2 Å². The van der Waals surface area contributed by atoms with Crippen LogP contribution in [0.5, 0.6) is 0 Å². The predicted molar refractivity (Wildman–Crippen MR) is 73.4 cm³/mol. The van der Waals surface area contributed by atoms with Gasteiger partial charge in [-0.3, -0.25) is 9.69 Å². The monoisotopic (exact) mass is 281 g/mol. The third kappa shape index (κ3) is 3.53. The summed E-state index contributed by atoms with van der Waals surface area (Å²) in [5.41, 5.74) is 7.13. The molecule has 1 heterocycles. The molecular weight excluding hydrogens is 261 g/mol. The summed E-state index contributed by atoms with van der Waals surface area (Å²) in [5.74, 6) is -0.382. The Balaban J connectivity index is 2.14. The first-order chi connectivity index (χ1) is 9.63. The van der Waals surface area contributed by atoms with Gasteiger partial charge in [-0.2, -0.15) is 0 Å². The van der Waals surface area contributed by atoms with E-state index in [1.165, 1.54) is 12.1 Å². The first kappa shape index (κ1) is 14.9. The highest BCUT2D eigenvalue weighted by Gasteiger charge is 2.28. The second-order valence-electron chi connectivity index (χ2n) is 4.85. The Labute approximate surface area is 117 Å². The first-order valence-electron chi connectivity index (χ1n) is 6.66. The van der Waals surface area contributed by atoms with Crippen molar-refractivity contribution in [2.45, 2.75) is 19.1 Å². The van der Waals surface area contributed by atoms with Gasteiger partial charge in [0.2, 0.25) is 5.91 Å². The molecule has 0 spiro atoms. The summed E-state index contributed by atoms with van der Waals surface area (Å²) in [6, 6.07) is 4.45. The van der Waals surface area contributed by atoms with Crippen molar-refractivity contribution in [2.75, 3.05) is 26.8 Å². The Morgan fingerprint density at radius 2 is 2.25 bits per heavy atom. The van der Waals surface area contributed by atoms with Crippen LogP contribution in [0.1, 0.15) is 11.1 Å². The van der Waals surface area contributed by atoms with Gasteiger partial charge in [0, 0.05) is 26.7 Å². The van der Waals surface area contributed by atoms with Crippen molar-refractivity contribution in [1.29, 1.82) is 0 Å². The Kier molecular flexibility index (Phi) is 5.05. The van der Waals surface area contributed by atoms with Gasteiger partial charge in [0.15, 0.2) is 0 Å². The fraction of sp³-hybridized carbons (Fsp3) is 0.500. The predicted octanol–water partition coefficient (Wildman–Crippen LogP) is 0.231. The molecule has 6 heteroatoms. The number of carbonyl (C=O) groups excluding carboxylic acids is 1. The lowest BCUT2D eigenvalue weighted by Gasteiger charge is -2.34. The smallest absolute Gasteiger partial charge is 0.239 e. The van der Waals surface area contributed by atoms with E-state index in [0.29, 0.717) is 32.8 Å². The van der Waals surface area contributed by atoms with Gasteiger partial charge in [-0.15, -0.1) is 0 Å². The van der Waals surface area contributed by atoms with Gasteiger partial charge in [0.1, 0.15) is 11.9 Å². The topological polar surface area (TPSA) is 67.6 Å². The van der Waals surface area contributed by atoms with E-state index in [9.17, 15) is 9.18 Å². The van der Waals surface area contributed by atoms with E-state index in [1.54, 1.807) is 7.05 Å². The molecule has 110 valence electrons. The zero-order valence-corrected chi connectivity index (χ0v) is 11.6. The summed E-state index contributed by atoms with van der Waals surface area (Å²) in [4.78, 5) is 13.8. The van der Waals surface area contributed by atoms with E-state index in [1.807, 2.05) is 11.0 Å². The van der Waals surface area contributed by atoms with Gasteiger partial charge < -0.3 is 15.8 Å². The van der Waals surface area contributed by atoms with E-state index >= 15 is 0 Å². The SMILES string of the molecule is CNC(=O)C1COCCN1Cc1cc(F)cc(CN)c1. The fourth-order valence-electron chi connectivity index (χ4n) is 2.40. The van der Waals surface area contributed by atoms with Gasteiger partial charge in [-0.05, 0) is 23.3 Å². The van der Waals surface area contributed by atoms with Gasteiger partial charge >= 0.3 is 0 Å². The van der Waals surface area contributed by atoms with Crippen LogP contribution in [0.15, 0.2) is 18.2 Å². The summed E-state index contributed by atoms with van der Waals surface area (Å²) < 4.78 is 18.9. The molecule has 1 saturated heterocycles. The molecule has 2 rings (SSSR count). The number of halogens is 1. The van der Waals surface area contributed by atoms with Crippen LogP contribution < -0.4 is 11.1 Å². The van der Waals surface area contributed by atoms with E-state index in [2.05, 4.69) is 5.32 Å². The Morgan fingerprint density at radius 3 is 2.95 bits per heavy atom. The molecule has 1 amide bonds. The molecule has 1 atom stereocenters. The lowest BCUT2D eigenvalue weighted by atomic mass is 10.1. The number of morpholine rings is 1. The van der Waals surface area contributed by atoms with Gasteiger partial charge in [-0.1, -0.05) is 6.07 Å². The maximum atomic E-state index is 13.5. The van der Waals surface area contributed by atoms with Crippen molar-refractivity contribution in [2.24, 2.45) is 5.73 Å². The second kappa shape index (κ2) is 6.78. The second-order valence-corrected chi connectivity index (χ2v) is 4.85. The molecule has 1 unspecified atom stereocenters. The van der Waals surface area contributed by atoms with Crippen LogP contribution in [0, 0.1) is 5.82 Å². The zero-order valence-electron chi connectivity index (χ0n) is 11.6. The zero-order chi connectivity index (χ0) is 14.5. The number of amides is 1. The van der Waals surface area contributed by atoms with E-state index in [0.717, 1.165) is 11.1 Å². The molecule has 0 bridgehead atoms. The van der Waals surface area contributed by atoms with Crippen LogP contribution in [0.25, 0.3) is 0 Å². The highest BCUT2D eigenvalue weighted by atomic mass is 19.1. The standard InChI is InChI=1S/C14H20FN3O2/c1-17-14(19)13-9-20-3-2-18(13)8-11-4-10(7-16)5-12(15)6-11/h4-6,13H,2-3,7-9,16H2,1H3,(H,17,19). The highest BCUT2D eigenvalue weighted by Crippen LogP contribution is 2.15. The molecule has 0 radical (unpaired) electrons. The number of nitrogens with one attached hydrogen (secondary N) is 1. The number of ether oxygens (including phenoxy) is 1. The Hall–Kier alpha value is -1.50. The lowest BCUT2D eigenvalue weighted by molar-refractivity contribution is -0.132. The van der Waals surface area contributed by atoms with Crippen LogP contribution in [-0.4, -0.2) is 43.7 Å². The number of hydrogen-bond donors (Lipinski definition) is 2. The fourth-order valence-corrected chi connectivity index (χ4v) is 2.40. The van der Waals surface area contributed by atoms with Gasteiger partial charge in [-0.25, -0.2) is 4.39 Å². The molecule has 5 nitrogen and oxygen atoms in total. The molecule has 1 fully saturated rings. The van der Waals surface area contributed by atoms with Crippen molar-refractivity contribution in [3.8, 4) is 0 Å². The minimum absolute atomic E-state index is 0.0832. The summed E-state index contributed by atoms with van der Waals surface area (Å²) in [7, 11) is 1.60. The van der Waals surface area contributed by atoms with Gasteiger partial charge in [0.25, 0.3) is 0 Å². The number of likely N-dealkylation sites (N-methyl/N-ethyl adjacent to an activating group) is 1. The van der Waals surface area contributed by atoms with Crippen LogP contribution in [0.2, 0.25) is 0 Å². The van der Waals surface area contributed by atoms with Crippen LogP contribution in [0.4, 0.5) is 4.39 Å². The summed E-state index contributed by atoms with van der Waals surface area (Å²) in [6.07, 6.45) is 0. The molecule has 1 aliphatic heterocycles. The van der Waals surface area contributed by atoms with Crippen molar-refractivity contribution < 1.29 is 13.9 Å². The number of hydrogen-bond acceptors (Lipinski definition) is 4. The first-order valence-corrected chi connectivity index (χ1v) is 6.66. The number of rotatable bonds is 4. The summed E-state index contributed by atoms with van der Waals surface area (Å²) in [6.45, 7) is 2.39. The maximum Gasteiger partial charge on any atom is 0.239 e. The van der Waals surface area contributed by atoms with Crippen molar-refractivity contribution in [3.05, 3.63) is 35.1 Å². The average molecular weight is 281 g/mol. The van der Waals surface area contributed by atoms with E-state index < -0.39 is 0 Å². The molecule has 0 aliphatic carbocycles. The maximum absolute atomic E-state index is 13.5. The molecule has 3 N–H and O–H groups in total. The minimum Gasteiger partial charge on any atom is -0.378 e. The van der Waals surface area contributed by atoms with Crippen LogP contribution in [-0.2, 0) is 22.6 Å². The van der Waals surface area contributed by atoms with Crippen LogP contribution >= 0.6 is 0 Å². The molecule has 1 aromatic carbocycles. The summed E-state index contributed by atoms with van der Waals surface area (Å²) in [5, 5.41) is 2.63. The normalized spacial score (nSPS) is 19.9. The largest absolute Gasteiger partial charge is 0.378 e. The van der Waals surface area contributed by atoms with E-state index in [4.69, 9.17) is 10.5 Å². The van der Waals surface area contributed by atoms with Crippen molar-refractivity contribution >= 4 is 5.91 Å². The van der Waals surface area contributed by atoms with Crippen molar-refractivity contribution in [1.82, 2.24) is 10.2 Å². The molecular formula is C14H20FN3O2. The highest BCUT2D eigenvalue weighted by molar-refractivity contribution is 5.81. The third-order valence-electron chi connectivity index (χ3n) is 3.43. The molecule has 1 aliphatic rings. The Bertz CT molecular complexity index is 481.